The fourth-order valence-electron chi connectivity index (χ4n) is 1.60. The van der Waals surface area contributed by atoms with E-state index in [0.717, 1.165) is 11.3 Å². The summed E-state index contributed by atoms with van der Waals surface area (Å²) >= 11 is 0. The summed E-state index contributed by atoms with van der Waals surface area (Å²) in [5.74, 6) is 0. The van der Waals surface area contributed by atoms with Gasteiger partial charge in [0.1, 0.15) is 0 Å². The van der Waals surface area contributed by atoms with Gasteiger partial charge >= 0.3 is 10.1 Å². The van der Waals surface area contributed by atoms with Crippen molar-refractivity contribution in [1.82, 2.24) is 9.97 Å². The van der Waals surface area contributed by atoms with Crippen LogP contribution in [0.4, 0.5) is 5.69 Å². The number of benzene rings is 1. The number of aliphatic imine (C=N–C) groups is 1. The molecule has 1 aromatic carbocycles. The predicted octanol–water partition coefficient (Wildman–Crippen LogP) is 1.75. The predicted molar refractivity (Wildman–Crippen MR) is 77.2 cm³/mol. The van der Waals surface area contributed by atoms with E-state index in [2.05, 4.69) is 20.3 Å². The minimum atomic E-state index is -4.36. The molecule has 2 rings (SSSR count). The van der Waals surface area contributed by atoms with Gasteiger partial charge < -0.3 is 10.3 Å². The molecule has 0 atom stereocenters. The van der Waals surface area contributed by atoms with E-state index >= 15 is 0 Å². The van der Waals surface area contributed by atoms with Crippen molar-refractivity contribution in [2.45, 2.75) is 6.92 Å². The monoisotopic (exact) mass is 294 g/mol. The van der Waals surface area contributed by atoms with Gasteiger partial charge in [-0.05, 0) is 24.6 Å². The second-order valence-corrected chi connectivity index (χ2v) is 5.26. The molecular formula is C12H14N4O3S. The second-order valence-electron chi connectivity index (χ2n) is 3.92. The number of anilines is 1. The number of hydrogen-bond donors (Lipinski definition) is 3. The number of imidazole rings is 1. The fraction of sp³-hybridized carbons (Fsp3) is 0.167. The van der Waals surface area contributed by atoms with E-state index in [0.29, 0.717) is 5.69 Å². The minimum absolute atomic E-state index is 0.244. The Morgan fingerprint density at radius 3 is 2.60 bits per heavy atom. The van der Waals surface area contributed by atoms with Gasteiger partial charge in [0, 0.05) is 12.2 Å². The molecule has 0 fully saturated rings. The normalized spacial score (nSPS) is 12.4. The molecule has 1 aromatic heterocycles. The first-order chi connectivity index (χ1) is 9.50. The fourth-order valence-corrected chi connectivity index (χ4v) is 2.14. The molecule has 106 valence electrons. The Morgan fingerprint density at radius 2 is 2.10 bits per heavy atom. The lowest BCUT2D eigenvalue weighted by molar-refractivity contribution is 0.498. The van der Waals surface area contributed by atoms with E-state index in [1.807, 2.05) is 0 Å². The van der Waals surface area contributed by atoms with Crippen molar-refractivity contribution >= 4 is 21.0 Å². The zero-order valence-corrected chi connectivity index (χ0v) is 11.6. The lowest BCUT2D eigenvalue weighted by Crippen LogP contribution is -2.23. The average Bonchev–Trinajstić information content (AvgIpc) is 2.92. The Hall–Kier alpha value is -2.19. The molecule has 7 nitrogen and oxygen atoms in total. The summed E-state index contributed by atoms with van der Waals surface area (Å²) in [6.07, 6.45) is 3.26. The molecular weight excluding hydrogens is 280 g/mol. The summed E-state index contributed by atoms with van der Waals surface area (Å²) in [4.78, 5) is 10.6. The maximum Gasteiger partial charge on any atom is 0.328 e. The number of nitrogens with zero attached hydrogens (tertiary/aromatic N) is 2. The maximum absolute atomic E-state index is 11.1. The molecule has 0 amide bonds. The first-order valence-electron chi connectivity index (χ1n) is 5.88. The maximum atomic E-state index is 11.1. The number of nitrogens with one attached hydrogen (secondary N) is 2. The lowest BCUT2D eigenvalue weighted by Gasteiger charge is -2.07. The highest BCUT2D eigenvalue weighted by Gasteiger charge is 2.15. The summed E-state index contributed by atoms with van der Waals surface area (Å²) in [7, 11) is -4.36. The average molecular weight is 294 g/mol. The van der Waals surface area contributed by atoms with Crippen molar-refractivity contribution in [3.8, 4) is 11.3 Å². The summed E-state index contributed by atoms with van der Waals surface area (Å²) in [6.45, 7) is 1.92. The van der Waals surface area contributed by atoms with Crippen molar-refractivity contribution in [1.29, 1.82) is 0 Å². The molecule has 0 aliphatic heterocycles. The molecule has 0 bridgehead atoms. The van der Waals surface area contributed by atoms with Crippen LogP contribution in [0.15, 0.2) is 41.8 Å². The van der Waals surface area contributed by atoms with Crippen LogP contribution in [0.5, 0.6) is 0 Å². The molecule has 1 heterocycles. The van der Waals surface area contributed by atoms with Gasteiger partial charge in [-0.3, -0.25) is 9.55 Å². The highest BCUT2D eigenvalue weighted by atomic mass is 32.2. The van der Waals surface area contributed by atoms with Crippen LogP contribution in [-0.4, -0.2) is 34.7 Å². The number of amidine groups is 1. The Labute approximate surface area is 116 Å². The van der Waals surface area contributed by atoms with Crippen LogP contribution in [-0.2, 0) is 10.1 Å². The Bertz CT molecular complexity index is 691. The van der Waals surface area contributed by atoms with E-state index in [9.17, 15) is 8.42 Å². The van der Waals surface area contributed by atoms with E-state index in [1.54, 1.807) is 43.7 Å². The zero-order valence-electron chi connectivity index (χ0n) is 10.7. The standard InChI is InChI=1S/C12H14N4O3S/c1-2-14-12(20(17,18)19)16-10-5-3-9(4-6-10)11-7-13-8-15-11/h3-8H,2H2,1H3,(H,13,15)(H,14,16)(H,17,18,19). The molecule has 0 unspecified atom stereocenters. The summed E-state index contributed by atoms with van der Waals surface area (Å²) in [6, 6.07) is 6.96. The minimum Gasteiger partial charge on any atom is -0.345 e. The number of rotatable bonds is 3. The van der Waals surface area contributed by atoms with E-state index in [4.69, 9.17) is 4.55 Å². The van der Waals surface area contributed by atoms with Crippen LogP contribution >= 0.6 is 0 Å². The van der Waals surface area contributed by atoms with Crippen LogP contribution in [0.2, 0.25) is 0 Å². The van der Waals surface area contributed by atoms with Gasteiger partial charge in [0.25, 0.3) is 0 Å². The molecule has 0 spiro atoms. The van der Waals surface area contributed by atoms with Crippen molar-refractivity contribution in [2.75, 3.05) is 11.9 Å². The van der Waals surface area contributed by atoms with Crippen LogP contribution in [0.1, 0.15) is 6.92 Å². The van der Waals surface area contributed by atoms with E-state index in [-0.39, 0.29) is 6.54 Å². The Morgan fingerprint density at radius 1 is 1.40 bits per heavy atom. The van der Waals surface area contributed by atoms with Crippen molar-refractivity contribution in [3.05, 3.63) is 36.8 Å². The van der Waals surface area contributed by atoms with Gasteiger partial charge in [-0.15, -0.1) is 0 Å². The first kappa shape index (κ1) is 14.2. The molecule has 0 aliphatic rings. The Balaban J connectivity index is 2.21. The molecule has 2 aromatic rings. The third-order valence-corrected chi connectivity index (χ3v) is 3.21. The number of aromatic nitrogens is 2. The summed E-state index contributed by atoms with van der Waals surface area (Å²) in [5, 5.41) is 2.11. The van der Waals surface area contributed by atoms with Gasteiger partial charge in [-0.25, -0.2) is 4.98 Å². The molecule has 0 radical (unpaired) electrons. The number of aromatic amines is 1. The Kier molecular flexibility index (Phi) is 4.16. The van der Waals surface area contributed by atoms with Gasteiger partial charge in [0.05, 0.1) is 18.2 Å². The molecule has 20 heavy (non-hydrogen) atoms. The van der Waals surface area contributed by atoms with E-state index < -0.39 is 15.3 Å². The van der Waals surface area contributed by atoms with Crippen LogP contribution < -0.4 is 5.32 Å². The summed E-state index contributed by atoms with van der Waals surface area (Å²) in [5.41, 5.74) is 2.28. The topological polar surface area (TPSA) is 107 Å². The molecule has 8 heteroatoms. The lowest BCUT2D eigenvalue weighted by atomic mass is 10.1. The van der Waals surface area contributed by atoms with Crippen LogP contribution in [0, 0.1) is 0 Å². The molecule has 0 aliphatic carbocycles. The molecule has 3 N–H and O–H groups in total. The third kappa shape index (κ3) is 3.43. The van der Waals surface area contributed by atoms with Gasteiger partial charge in [-0.1, -0.05) is 12.1 Å². The quantitative estimate of drug-likeness (QED) is 0.454. The van der Waals surface area contributed by atoms with Gasteiger partial charge in [-0.2, -0.15) is 8.42 Å². The van der Waals surface area contributed by atoms with Crippen molar-refractivity contribution in [3.63, 3.8) is 0 Å². The second kappa shape index (κ2) is 5.85. The third-order valence-electron chi connectivity index (χ3n) is 2.49. The zero-order chi connectivity index (χ0) is 14.6. The molecule has 0 saturated heterocycles. The van der Waals surface area contributed by atoms with Gasteiger partial charge in [0.2, 0.25) is 5.17 Å². The van der Waals surface area contributed by atoms with E-state index in [1.165, 1.54) is 0 Å². The summed E-state index contributed by atoms with van der Waals surface area (Å²) < 4.78 is 31.3. The van der Waals surface area contributed by atoms with Gasteiger partial charge in [0.15, 0.2) is 0 Å². The highest BCUT2D eigenvalue weighted by molar-refractivity contribution is 8.01. The van der Waals surface area contributed by atoms with Crippen LogP contribution in [0.25, 0.3) is 11.3 Å². The highest BCUT2D eigenvalue weighted by Crippen LogP contribution is 2.19. The first-order valence-corrected chi connectivity index (χ1v) is 7.32. The van der Waals surface area contributed by atoms with Crippen molar-refractivity contribution in [2.24, 2.45) is 4.99 Å². The molecule has 0 saturated carbocycles. The number of hydrogen-bond acceptors (Lipinski definition) is 4. The smallest absolute Gasteiger partial charge is 0.328 e. The van der Waals surface area contributed by atoms with Crippen LogP contribution in [0.3, 0.4) is 0 Å². The largest absolute Gasteiger partial charge is 0.345 e. The van der Waals surface area contributed by atoms with Crippen molar-refractivity contribution < 1.29 is 13.0 Å². The number of H-pyrrole nitrogens is 1. The SMILES string of the molecule is CCN=C(Nc1ccc(-c2cnc[nH]2)cc1)S(=O)(=O)O.